The van der Waals surface area contributed by atoms with Crippen LogP contribution in [0.15, 0.2) is 41.1 Å². The zero-order valence-corrected chi connectivity index (χ0v) is 15.0. The second kappa shape index (κ2) is 7.14. The molecule has 1 aliphatic heterocycles. The lowest BCUT2D eigenvalue weighted by molar-refractivity contribution is -0.115. The van der Waals surface area contributed by atoms with Crippen LogP contribution in [-0.4, -0.2) is 23.6 Å². The number of thiazole rings is 1. The summed E-state index contributed by atoms with van der Waals surface area (Å²) in [5.74, 6) is 0.861. The highest BCUT2D eigenvalue weighted by Gasteiger charge is 2.15. The number of thiophene rings is 1. The number of nitrogens with zero attached hydrogens (tertiary/aromatic N) is 1. The number of carbonyl (C=O) groups is 2. The van der Waals surface area contributed by atoms with Gasteiger partial charge in [0.05, 0.1) is 17.0 Å². The molecule has 1 aliphatic rings. The van der Waals surface area contributed by atoms with Crippen LogP contribution < -0.4 is 20.1 Å². The van der Waals surface area contributed by atoms with Gasteiger partial charge in [-0.15, -0.1) is 22.7 Å². The number of nitrogens with one attached hydrogen (secondary N) is 2. The van der Waals surface area contributed by atoms with E-state index in [-0.39, 0.29) is 25.0 Å². The van der Waals surface area contributed by atoms with Gasteiger partial charge in [-0.2, -0.15) is 0 Å². The predicted molar refractivity (Wildman–Crippen MR) is 99.3 cm³/mol. The van der Waals surface area contributed by atoms with Crippen molar-refractivity contribution in [1.82, 2.24) is 4.98 Å². The van der Waals surface area contributed by atoms with Crippen molar-refractivity contribution >= 4 is 45.3 Å². The summed E-state index contributed by atoms with van der Waals surface area (Å²) >= 11 is 2.64. The van der Waals surface area contributed by atoms with Crippen LogP contribution in [0.1, 0.15) is 15.4 Å². The molecule has 0 atom stereocenters. The first kappa shape index (κ1) is 16.6. The molecule has 0 spiro atoms. The molecule has 0 aliphatic carbocycles. The Hall–Kier alpha value is -2.91. The molecule has 2 N–H and O–H groups in total. The highest BCUT2D eigenvalue weighted by atomic mass is 32.1. The lowest BCUT2D eigenvalue weighted by Gasteiger charge is -2.05. The SMILES string of the molecule is O=C(Cc1csc(NC(=O)c2cccs2)n1)Nc1ccc2c(c1)OCO2. The quantitative estimate of drug-likeness (QED) is 0.701. The van der Waals surface area contributed by atoms with E-state index in [1.807, 2.05) is 11.4 Å². The Balaban J connectivity index is 1.35. The molecule has 0 fully saturated rings. The molecule has 4 rings (SSSR count). The monoisotopic (exact) mass is 387 g/mol. The highest BCUT2D eigenvalue weighted by molar-refractivity contribution is 7.14. The third-order valence-electron chi connectivity index (χ3n) is 3.52. The highest BCUT2D eigenvalue weighted by Crippen LogP contribution is 2.34. The van der Waals surface area contributed by atoms with Gasteiger partial charge < -0.3 is 14.8 Å². The summed E-state index contributed by atoms with van der Waals surface area (Å²) in [4.78, 5) is 29.1. The second-order valence-electron chi connectivity index (χ2n) is 5.37. The van der Waals surface area contributed by atoms with Gasteiger partial charge in [-0.3, -0.25) is 14.9 Å². The number of aromatic nitrogens is 1. The van der Waals surface area contributed by atoms with Crippen molar-refractivity contribution in [2.75, 3.05) is 17.4 Å². The summed E-state index contributed by atoms with van der Waals surface area (Å²) in [5.41, 5.74) is 1.22. The van der Waals surface area contributed by atoms with Crippen molar-refractivity contribution in [3.8, 4) is 11.5 Å². The number of benzene rings is 1. The van der Waals surface area contributed by atoms with E-state index >= 15 is 0 Å². The van der Waals surface area contributed by atoms with Crippen LogP contribution in [0.25, 0.3) is 0 Å². The first-order chi connectivity index (χ1) is 12.7. The third kappa shape index (κ3) is 3.68. The molecule has 0 bridgehead atoms. The van der Waals surface area contributed by atoms with Gasteiger partial charge in [-0.25, -0.2) is 4.98 Å². The maximum absolute atomic E-state index is 12.2. The molecule has 26 heavy (non-hydrogen) atoms. The minimum atomic E-state index is -0.203. The Labute approximate surface area is 156 Å². The van der Waals surface area contributed by atoms with E-state index < -0.39 is 0 Å². The second-order valence-corrected chi connectivity index (χ2v) is 7.17. The smallest absolute Gasteiger partial charge is 0.267 e. The summed E-state index contributed by atoms with van der Waals surface area (Å²) in [5, 5.41) is 9.59. The number of carbonyl (C=O) groups excluding carboxylic acids is 2. The molecule has 3 aromatic rings. The summed E-state index contributed by atoms with van der Waals surface area (Å²) in [6, 6.07) is 8.77. The van der Waals surface area contributed by atoms with Crippen molar-refractivity contribution < 1.29 is 19.1 Å². The van der Waals surface area contributed by atoms with Crippen molar-refractivity contribution in [3.05, 3.63) is 51.7 Å². The molecule has 0 saturated carbocycles. The van der Waals surface area contributed by atoms with Crippen LogP contribution in [-0.2, 0) is 11.2 Å². The fraction of sp³-hybridized carbons (Fsp3) is 0.118. The van der Waals surface area contributed by atoms with Gasteiger partial charge in [0.25, 0.3) is 5.91 Å². The molecule has 0 saturated heterocycles. The van der Waals surface area contributed by atoms with Crippen LogP contribution >= 0.6 is 22.7 Å². The average Bonchev–Trinajstić information content (AvgIpc) is 3.36. The summed E-state index contributed by atoms with van der Waals surface area (Å²) < 4.78 is 10.5. The van der Waals surface area contributed by atoms with Gasteiger partial charge in [0.15, 0.2) is 16.6 Å². The first-order valence-corrected chi connectivity index (χ1v) is 9.42. The number of rotatable bonds is 5. The van der Waals surface area contributed by atoms with E-state index in [0.717, 1.165) is 0 Å². The molecule has 0 radical (unpaired) electrons. The zero-order valence-electron chi connectivity index (χ0n) is 13.4. The van der Waals surface area contributed by atoms with E-state index in [4.69, 9.17) is 9.47 Å². The van der Waals surface area contributed by atoms with E-state index in [1.165, 1.54) is 22.7 Å². The number of ether oxygens (including phenoxy) is 2. The maximum Gasteiger partial charge on any atom is 0.267 e. The Morgan fingerprint density at radius 2 is 2.00 bits per heavy atom. The Bertz CT molecular complexity index is 953. The zero-order chi connectivity index (χ0) is 17.9. The molecule has 7 nitrogen and oxygen atoms in total. The molecule has 9 heteroatoms. The number of fused-ring (bicyclic) bond motifs is 1. The largest absolute Gasteiger partial charge is 0.454 e. The van der Waals surface area contributed by atoms with Crippen molar-refractivity contribution in [2.45, 2.75) is 6.42 Å². The molecule has 0 unspecified atom stereocenters. The van der Waals surface area contributed by atoms with Crippen molar-refractivity contribution in [1.29, 1.82) is 0 Å². The van der Waals surface area contributed by atoms with Gasteiger partial charge in [0.2, 0.25) is 12.7 Å². The van der Waals surface area contributed by atoms with Crippen molar-refractivity contribution in [3.63, 3.8) is 0 Å². The minimum Gasteiger partial charge on any atom is -0.454 e. The molecular weight excluding hydrogens is 374 g/mol. The van der Waals surface area contributed by atoms with Gasteiger partial charge in [-0.05, 0) is 23.6 Å². The van der Waals surface area contributed by atoms with E-state index in [0.29, 0.717) is 32.9 Å². The predicted octanol–water partition coefficient (Wildman–Crippen LogP) is 3.37. The number of amides is 2. The van der Waals surface area contributed by atoms with E-state index in [9.17, 15) is 9.59 Å². The number of hydrogen-bond donors (Lipinski definition) is 2. The van der Waals surface area contributed by atoms with Crippen LogP contribution in [0.3, 0.4) is 0 Å². The lowest BCUT2D eigenvalue weighted by Crippen LogP contribution is -2.15. The summed E-state index contributed by atoms with van der Waals surface area (Å²) in [6.07, 6.45) is 0.111. The Morgan fingerprint density at radius 3 is 2.85 bits per heavy atom. The molecule has 2 aromatic heterocycles. The van der Waals surface area contributed by atoms with E-state index in [1.54, 1.807) is 29.6 Å². The van der Waals surface area contributed by atoms with Crippen LogP contribution in [0.2, 0.25) is 0 Å². The maximum atomic E-state index is 12.2. The summed E-state index contributed by atoms with van der Waals surface area (Å²) in [6.45, 7) is 0.186. The fourth-order valence-corrected chi connectivity index (χ4v) is 3.68. The molecular formula is C17H13N3O4S2. The fourth-order valence-electron chi connectivity index (χ4n) is 2.36. The normalized spacial score (nSPS) is 12.0. The van der Waals surface area contributed by atoms with Gasteiger partial charge in [0, 0.05) is 17.1 Å². The summed E-state index contributed by atoms with van der Waals surface area (Å²) in [7, 11) is 0. The minimum absolute atomic E-state index is 0.111. The molecule has 1 aromatic carbocycles. The topological polar surface area (TPSA) is 89.6 Å². The number of hydrogen-bond acceptors (Lipinski definition) is 7. The number of anilines is 2. The van der Waals surface area contributed by atoms with Gasteiger partial charge >= 0.3 is 0 Å². The van der Waals surface area contributed by atoms with Crippen LogP contribution in [0.5, 0.6) is 11.5 Å². The Kier molecular flexibility index (Phi) is 4.55. The standard InChI is InChI=1S/C17H13N3O4S2/c21-15(18-10-3-4-12-13(6-10)24-9-23-12)7-11-8-26-17(19-11)20-16(22)14-2-1-5-25-14/h1-6,8H,7,9H2,(H,18,21)(H,19,20,22). The van der Waals surface area contributed by atoms with Gasteiger partial charge in [0.1, 0.15) is 0 Å². The van der Waals surface area contributed by atoms with Crippen LogP contribution in [0.4, 0.5) is 10.8 Å². The lowest BCUT2D eigenvalue weighted by atomic mass is 10.2. The first-order valence-electron chi connectivity index (χ1n) is 7.66. The van der Waals surface area contributed by atoms with E-state index in [2.05, 4.69) is 15.6 Å². The van der Waals surface area contributed by atoms with Crippen molar-refractivity contribution in [2.24, 2.45) is 0 Å². The Morgan fingerprint density at radius 1 is 1.12 bits per heavy atom. The molecule has 2 amide bonds. The average molecular weight is 387 g/mol. The third-order valence-corrected chi connectivity index (χ3v) is 5.19. The van der Waals surface area contributed by atoms with Crippen LogP contribution in [0, 0.1) is 0 Å². The molecule has 132 valence electrons. The molecule has 3 heterocycles. The van der Waals surface area contributed by atoms with Gasteiger partial charge in [-0.1, -0.05) is 6.07 Å².